The van der Waals surface area contributed by atoms with E-state index in [0.29, 0.717) is 11.7 Å². The molecule has 0 bridgehead atoms. The maximum absolute atomic E-state index is 9.31. The molecule has 3 rings (SSSR count). The first-order valence-corrected chi connectivity index (χ1v) is 11.0. The highest BCUT2D eigenvalue weighted by atomic mass is 16.5. The van der Waals surface area contributed by atoms with Gasteiger partial charge in [-0.3, -0.25) is 0 Å². The number of nitrogens with zero attached hydrogens (tertiary/aromatic N) is 3. The van der Waals surface area contributed by atoms with Gasteiger partial charge in [0, 0.05) is 5.56 Å². The van der Waals surface area contributed by atoms with Crippen LogP contribution >= 0.6 is 0 Å². The Morgan fingerprint density at radius 1 is 1.04 bits per heavy atom. The molecule has 0 saturated heterocycles. The molecule has 1 aromatic heterocycles. The normalized spacial score (nSPS) is 14.8. The maximum Gasteiger partial charge on any atom is 0.247 e. The number of nitriles is 1. The molecular formula is C24H33N3O. The number of hydrogen-bond acceptors (Lipinski definition) is 4. The van der Waals surface area contributed by atoms with Crippen molar-refractivity contribution in [3.8, 4) is 17.5 Å². The summed E-state index contributed by atoms with van der Waals surface area (Å²) in [5.41, 5.74) is 3.16. The third-order valence-electron chi connectivity index (χ3n) is 5.96. The first kappa shape index (κ1) is 20.6. The van der Waals surface area contributed by atoms with E-state index in [9.17, 15) is 5.26 Å². The minimum Gasteiger partial charge on any atom is -0.337 e. The lowest BCUT2D eigenvalue weighted by atomic mass is 9.98. The zero-order valence-electron chi connectivity index (χ0n) is 17.5. The zero-order valence-corrected chi connectivity index (χ0v) is 17.5. The van der Waals surface area contributed by atoms with Crippen molar-refractivity contribution >= 4 is 0 Å². The Balaban J connectivity index is 1.48. The van der Waals surface area contributed by atoms with Gasteiger partial charge in [-0.2, -0.15) is 10.2 Å². The summed E-state index contributed by atoms with van der Waals surface area (Å²) in [7, 11) is 0. The average molecular weight is 380 g/mol. The van der Waals surface area contributed by atoms with Crippen LogP contribution in [0.4, 0.5) is 0 Å². The summed E-state index contributed by atoms with van der Waals surface area (Å²) < 4.78 is 5.38. The lowest BCUT2D eigenvalue weighted by molar-refractivity contribution is 0.365. The van der Waals surface area contributed by atoms with Crippen LogP contribution in [-0.4, -0.2) is 10.1 Å². The number of hydrogen-bond donors (Lipinski definition) is 0. The largest absolute Gasteiger partial charge is 0.337 e. The molecule has 1 aromatic carbocycles. The topological polar surface area (TPSA) is 62.7 Å². The molecule has 0 unspecified atom stereocenters. The predicted molar refractivity (Wildman–Crippen MR) is 112 cm³/mol. The van der Waals surface area contributed by atoms with Crippen LogP contribution in [0.2, 0.25) is 0 Å². The van der Waals surface area contributed by atoms with Crippen LogP contribution in [-0.2, 0) is 11.8 Å². The molecule has 1 aliphatic carbocycles. The number of unbranched alkanes of at least 4 members (excludes halogenated alkanes) is 8. The van der Waals surface area contributed by atoms with Crippen molar-refractivity contribution < 1.29 is 4.52 Å². The summed E-state index contributed by atoms with van der Waals surface area (Å²) >= 11 is 0. The van der Waals surface area contributed by atoms with Crippen LogP contribution in [0, 0.1) is 18.3 Å². The highest BCUT2D eigenvalue weighted by Crippen LogP contribution is 2.47. The Kier molecular flexibility index (Phi) is 7.25. The zero-order chi connectivity index (χ0) is 19.8. The van der Waals surface area contributed by atoms with Gasteiger partial charge in [0.25, 0.3) is 0 Å². The van der Waals surface area contributed by atoms with Crippen molar-refractivity contribution in [3.05, 3.63) is 35.2 Å². The van der Waals surface area contributed by atoms with Crippen molar-refractivity contribution in [2.75, 3.05) is 0 Å². The maximum atomic E-state index is 9.31. The van der Waals surface area contributed by atoms with Crippen LogP contribution in [0.3, 0.4) is 0 Å². The number of rotatable bonds is 12. The Morgan fingerprint density at radius 3 is 2.36 bits per heavy atom. The molecule has 0 amide bonds. The number of aromatic nitrogens is 2. The molecule has 0 atom stereocenters. The van der Waals surface area contributed by atoms with Crippen LogP contribution in [0.1, 0.15) is 94.6 Å². The van der Waals surface area contributed by atoms with Gasteiger partial charge in [-0.25, -0.2) is 0 Å². The fraction of sp³-hybridized carbons (Fsp3) is 0.625. The number of aryl methyl sites for hydroxylation is 2. The van der Waals surface area contributed by atoms with Crippen LogP contribution in [0.15, 0.2) is 22.7 Å². The molecule has 4 heteroatoms. The fourth-order valence-electron chi connectivity index (χ4n) is 3.74. The summed E-state index contributed by atoms with van der Waals surface area (Å²) in [4.78, 5) is 4.51. The molecule has 1 heterocycles. The lowest BCUT2D eigenvalue weighted by Crippen LogP contribution is -2.02. The van der Waals surface area contributed by atoms with Crippen molar-refractivity contribution in [1.29, 1.82) is 5.26 Å². The van der Waals surface area contributed by atoms with Gasteiger partial charge in [-0.1, -0.05) is 75.6 Å². The van der Waals surface area contributed by atoms with Gasteiger partial charge in [-0.05, 0) is 49.8 Å². The second kappa shape index (κ2) is 9.87. The molecular weight excluding hydrogens is 346 g/mol. The van der Waals surface area contributed by atoms with Gasteiger partial charge in [0.1, 0.15) is 5.41 Å². The number of benzene rings is 1. The van der Waals surface area contributed by atoms with Gasteiger partial charge in [-0.15, -0.1) is 0 Å². The molecule has 1 fully saturated rings. The van der Waals surface area contributed by atoms with Crippen molar-refractivity contribution in [1.82, 2.24) is 10.1 Å². The standard InChI is InChI=1S/C24H33N3O/c1-3-4-5-6-7-8-9-10-11-12-20-17-21(14-13-19(20)2)22-26-23(28-27-22)24(18-25)15-16-24/h13-14,17H,3-12,15-16H2,1-2H3. The minimum absolute atomic E-state index is 0.478. The highest BCUT2D eigenvalue weighted by molar-refractivity contribution is 5.57. The predicted octanol–water partition coefficient (Wildman–Crippen LogP) is 6.67. The van der Waals surface area contributed by atoms with E-state index in [4.69, 9.17) is 4.52 Å². The molecule has 0 N–H and O–H groups in total. The quantitative estimate of drug-likeness (QED) is 0.386. The first-order chi connectivity index (χ1) is 13.7. The lowest BCUT2D eigenvalue weighted by Gasteiger charge is -2.08. The minimum atomic E-state index is -0.519. The second-order valence-corrected chi connectivity index (χ2v) is 8.34. The Hall–Kier alpha value is -2.15. The molecule has 150 valence electrons. The van der Waals surface area contributed by atoms with Crippen LogP contribution < -0.4 is 0 Å². The van der Waals surface area contributed by atoms with Gasteiger partial charge in [0.2, 0.25) is 11.7 Å². The van der Waals surface area contributed by atoms with E-state index < -0.39 is 5.41 Å². The smallest absolute Gasteiger partial charge is 0.247 e. The van der Waals surface area contributed by atoms with E-state index in [1.54, 1.807) is 0 Å². The summed E-state index contributed by atoms with van der Waals surface area (Å²) in [5.74, 6) is 1.08. The summed E-state index contributed by atoms with van der Waals surface area (Å²) in [6, 6.07) is 8.71. The second-order valence-electron chi connectivity index (χ2n) is 8.34. The van der Waals surface area contributed by atoms with E-state index in [-0.39, 0.29) is 0 Å². The van der Waals surface area contributed by atoms with Crippen molar-refractivity contribution in [3.63, 3.8) is 0 Å². The van der Waals surface area contributed by atoms with Gasteiger partial charge in [0.05, 0.1) is 6.07 Å². The average Bonchev–Trinajstić information content (AvgIpc) is 3.36. The Labute approximate surface area is 169 Å². The van der Waals surface area contributed by atoms with Crippen LogP contribution in [0.25, 0.3) is 11.4 Å². The van der Waals surface area contributed by atoms with E-state index in [0.717, 1.165) is 24.8 Å². The molecule has 28 heavy (non-hydrogen) atoms. The van der Waals surface area contributed by atoms with Crippen LogP contribution in [0.5, 0.6) is 0 Å². The molecule has 4 nitrogen and oxygen atoms in total. The fourth-order valence-corrected chi connectivity index (χ4v) is 3.74. The summed E-state index contributed by atoms with van der Waals surface area (Å²) in [5, 5.41) is 13.4. The Morgan fingerprint density at radius 2 is 1.71 bits per heavy atom. The summed E-state index contributed by atoms with van der Waals surface area (Å²) in [6.07, 6.45) is 14.9. The summed E-state index contributed by atoms with van der Waals surface area (Å²) in [6.45, 7) is 4.44. The van der Waals surface area contributed by atoms with Crippen molar-refractivity contribution in [2.24, 2.45) is 0 Å². The van der Waals surface area contributed by atoms with E-state index >= 15 is 0 Å². The molecule has 1 aliphatic rings. The molecule has 0 radical (unpaired) electrons. The van der Waals surface area contributed by atoms with Gasteiger partial charge in [0.15, 0.2) is 0 Å². The Bertz CT molecular complexity index is 798. The van der Waals surface area contributed by atoms with E-state index in [1.165, 1.54) is 68.9 Å². The third-order valence-corrected chi connectivity index (χ3v) is 5.96. The first-order valence-electron chi connectivity index (χ1n) is 11.0. The SMILES string of the molecule is CCCCCCCCCCCc1cc(-c2noc(C3(C#N)CC3)n2)ccc1C. The molecule has 2 aromatic rings. The highest BCUT2D eigenvalue weighted by Gasteiger charge is 2.50. The van der Waals surface area contributed by atoms with Gasteiger partial charge < -0.3 is 4.52 Å². The molecule has 0 spiro atoms. The monoisotopic (exact) mass is 379 g/mol. The van der Waals surface area contributed by atoms with Crippen molar-refractivity contribution in [2.45, 2.75) is 96.3 Å². The third kappa shape index (κ3) is 5.22. The van der Waals surface area contributed by atoms with E-state index in [2.05, 4.69) is 48.3 Å². The van der Waals surface area contributed by atoms with E-state index in [1.807, 2.05) is 0 Å². The van der Waals surface area contributed by atoms with Gasteiger partial charge >= 0.3 is 0 Å². The molecule has 0 aliphatic heterocycles. The molecule has 1 saturated carbocycles.